The van der Waals surface area contributed by atoms with Crippen LogP contribution in [0.1, 0.15) is 11.4 Å². The first-order valence-corrected chi connectivity index (χ1v) is 7.41. The second-order valence-electron chi connectivity index (χ2n) is 4.82. The van der Waals surface area contributed by atoms with Crippen molar-refractivity contribution < 1.29 is 9.13 Å². The van der Waals surface area contributed by atoms with Gasteiger partial charge < -0.3 is 9.72 Å². The van der Waals surface area contributed by atoms with Gasteiger partial charge in [-0.1, -0.05) is 12.1 Å². The second-order valence-corrected chi connectivity index (χ2v) is 5.67. The van der Waals surface area contributed by atoms with E-state index in [-0.39, 0.29) is 5.82 Å². The zero-order chi connectivity index (χ0) is 14.8. The highest BCUT2D eigenvalue weighted by molar-refractivity contribution is 9.10. The van der Waals surface area contributed by atoms with Crippen LogP contribution in [0, 0.1) is 5.82 Å². The molecule has 0 saturated carbocycles. The molecule has 0 aliphatic carbocycles. The van der Waals surface area contributed by atoms with Crippen LogP contribution >= 0.6 is 15.9 Å². The van der Waals surface area contributed by atoms with E-state index in [1.54, 1.807) is 13.2 Å². The smallest absolute Gasteiger partial charge is 0.139 e. The van der Waals surface area contributed by atoms with E-state index in [0.717, 1.165) is 35.4 Å². The van der Waals surface area contributed by atoms with E-state index in [1.807, 2.05) is 24.3 Å². The van der Waals surface area contributed by atoms with Gasteiger partial charge in [0.05, 0.1) is 22.6 Å². The number of hydrogen-bond acceptors (Lipinski definition) is 2. The van der Waals surface area contributed by atoms with Gasteiger partial charge >= 0.3 is 0 Å². The molecule has 0 radical (unpaired) electrons. The molecule has 0 atom stereocenters. The molecule has 3 rings (SSSR count). The summed E-state index contributed by atoms with van der Waals surface area (Å²) >= 11 is 3.17. The van der Waals surface area contributed by atoms with Gasteiger partial charge in [0.25, 0.3) is 0 Å². The molecule has 0 saturated heterocycles. The minimum atomic E-state index is -0.284. The molecule has 0 amide bonds. The molecule has 0 bridgehead atoms. The van der Waals surface area contributed by atoms with E-state index < -0.39 is 0 Å². The number of benzene rings is 2. The summed E-state index contributed by atoms with van der Waals surface area (Å²) in [5, 5.41) is 0. The predicted molar refractivity (Wildman–Crippen MR) is 84.2 cm³/mol. The van der Waals surface area contributed by atoms with Gasteiger partial charge in [-0.15, -0.1) is 0 Å². The quantitative estimate of drug-likeness (QED) is 0.764. The third-order valence-electron chi connectivity index (χ3n) is 3.38. The Labute approximate surface area is 130 Å². The first kappa shape index (κ1) is 14.1. The largest absolute Gasteiger partial charge is 0.497 e. The van der Waals surface area contributed by atoms with E-state index in [2.05, 4.69) is 25.9 Å². The summed E-state index contributed by atoms with van der Waals surface area (Å²) in [6.45, 7) is 0. The minimum absolute atomic E-state index is 0.284. The summed E-state index contributed by atoms with van der Waals surface area (Å²) < 4.78 is 19.0. The van der Waals surface area contributed by atoms with Gasteiger partial charge in [-0.25, -0.2) is 9.37 Å². The number of aromatic amines is 1. The molecule has 0 aliphatic heterocycles. The molecule has 0 unspecified atom stereocenters. The maximum absolute atomic E-state index is 13.5. The Balaban J connectivity index is 1.75. The zero-order valence-corrected chi connectivity index (χ0v) is 13.1. The van der Waals surface area contributed by atoms with Crippen molar-refractivity contribution in [3.05, 3.63) is 58.1 Å². The third kappa shape index (κ3) is 3.08. The highest BCUT2D eigenvalue weighted by Gasteiger charge is 2.07. The van der Waals surface area contributed by atoms with Gasteiger partial charge in [0.15, 0.2) is 0 Å². The predicted octanol–water partition coefficient (Wildman–Crippen LogP) is 4.26. The Morgan fingerprint density at radius 3 is 2.67 bits per heavy atom. The molecule has 108 valence electrons. The van der Waals surface area contributed by atoms with Crippen LogP contribution in [0.15, 0.2) is 40.9 Å². The summed E-state index contributed by atoms with van der Waals surface area (Å²) in [7, 11) is 1.65. The molecular formula is C16H14BrFN2O. The van der Waals surface area contributed by atoms with E-state index in [1.165, 1.54) is 11.6 Å². The van der Waals surface area contributed by atoms with E-state index in [4.69, 9.17) is 4.74 Å². The molecule has 0 fully saturated rings. The SMILES string of the molecule is COc1ccc(CCc2nc3cc(Br)c(F)cc3[nH]2)cc1. The summed E-state index contributed by atoms with van der Waals surface area (Å²) in [5.41, 5.74) is 2.71. The van der Waals surface area contributed by atoms with Crippen molar-refractivity contribution in [3.63, 3.8) is 0 Å². The number of nitrogens with one attached hydrogen (secondary N) is 1. The Hall–Kier alpha value is -1.88. The lowest BCUT2D eigenvalue weighted by atomic mass is 10.1. The monoisotopic (exact) mass is 348 g/mol. The third-order valence-corrected chi connectivity index (χ3v) is 3.99. The lowest BCUT2D eigenvalue weighted by Crippen LogP contribution is -1.93. The highest BCUT2D eigenvalue weighted by atomic mass is 79.9. The van der Waals surface area contributed by atoms with Gasteiger partial charge in [0, 0.05) is 12.5 Å². The average Bonchev–Trinajstić information content (AvgIpc) is 2.88. The molecular weight excluding hydrogens is 335 g/mol. The number of aryl methyl sites for hydroxylation is 2. The highest BCUT2D eigenvalue weighted by Crippen LogP contribution is 2.22. The number of imidazole rings is 1. The summed E-state index contributed by atoms with van der Waals surface area (Å²) in [5.74, 6) is 1.42. The fraction of sp³-hybridized carbons (Fsp3) is 0.188. The fourth-order valence-corrected chi connectivity index (χ4v) is 2.56. The lowest BCUT2D eigenvalue weighted by Gasteiger charge is -2.02. The van der Waals surface area contributed by atoms with Crippen molar-refractivity contribution in [3.8, 4) is 5.75 Å². The standard InChI is InChI=1S/C16H14BrFN2O/c1-21-11-5-2-10(3-6-11)4-7-16-19-14-8-12(17)13(18)9-15(14)20-16/h2-3,5-6,8-9H,4,7H2,1H3,(H,19,20). The normalized spacial score (nSPS) is 11.0. The number of fused-ring (bicyclic) bond motifs is 1. The molecule has 2 aromatic carbocycles. The number of halogens is 2. The number of ether oxygens (including phenoxy) is 1. The van der Waals surface area contributed by atoms with Gasteiger partial charge in [-0.05, 0) is 46.1 Å². The molecule has 3 nitrogen and oxygen atoms in total. The van der Waals surface area contributed by atoms with Crippen molar-refractivity contribution in [1.29, 1.82) is 0 Å². The van der Waals surface area contributed by atoms with Gasteiger partial charge in [-0.3, -0.25) is 0 Å². The van der Waals surface area contributed by atoms with Crippen LogP contribution in [0.4, 0.5) is 4.39 Å². The minimum Gasteiger partial charge on any atom is -0.497 e. The molecule has 0 spiro atoms. The molecule has 5 heteroatoms. The van der Waals surface area contributed by atoms with Crippen LogP contribution in [-0.4, -0.2) is 17.1 Å². The van der Waals surface area contributed by atoms with Crippen LogP contribution in [-0.2, 0) is 12.8 Å². The van der Waals surface area contributed by atoms with Crippen molar-refractivity contribution in [2.24, 2.45) is 0 Å². The number of rotatable bonds is 4. The van der Waals surface area contributed by atoms with Crippen molar-refractivity contribution in [2.45, 2.75) is 12.8 Å². The van der Waals surface area contributed by atoms with Crippen LogP contribution in [0.2, 0.25) is 0 Å². The molecule has 3 aromatic rings. The van der Waals surface area contributed by atoms with Crippen LogP contribution in [0.5, 0.6) is 5.75 Å². The topological polar surface area (TPSA) is 37.9 Å². The molecule has 1 heterocycles. The Kier molecular flexibility index (Phi) is 3.92. The molecule has 1 aromatic heterocycles. The first-order chi connectivity index (χ1) is 10.2. The fourth-order valence-electron chi connectivity index (χ4n) is 2.23. The molecule has 21 heavy (non-hydrogen) atoms. The van der Waals surface area contributed by atoms with Crippen LogP contribution in [0.25, 0.3) is 11.0 Å². The van der Waals surface area contributed by atoms with Gasteiger partial charge in [0.1, 0.15) is 17.4 Å². The van der Waals surface area contributed by atoms with E-state index in [9.17, 15) is 4.39 Å². The number of aromatic nitrogens is 2. The van der Waals surface area contributed by atoms with E-state index >= 15 is 0 Å². The van der Waals surface area contributed by atoms with Crippen LogP contribution in [0.3, 0.4) is 0 Å². The molecule has 1 N–H and O–H groups in total. The number of methoxy groups -OCH3 is 1. The van der Waals surface area contributed by atoms with Gasteiger partial charge in [0.2, 0.25) is 0 Å². The van der Waals surface area contributed by atoms with Gasteiger partial charge in [-0.2, -0.15) is 0 Å². The Morgan fingerprint density at radius 1 is 1.19 bits per heavy atom. The first-order valence-electron chi connectivity index (χ1n) is 6.62. The average molecular weight is 349 g/mol. The van der Waals surface area contributed by atoms with Crippen LogP contribution < -0.4 is 4.74 Å². The molecule has 0 aliphatic rings. The van der Waals surface area contributed by atoms with Crippen molar-refractivity contribution in [2.75, 3.05) is 7.11 Å². The lowest BCUT2D eigenvalue weighted by molar-refractivity contribution is 0.414. The number of hydrogen-bond donors (Lipinski definition) is 1. The van der Waals surface area contributed by atoms with Crippen molar-refractivity contribution in [1.82, 2.24) is 9.97 Å². The van der Waals surface area contributed by atoms with E-state index in [0.29, 0.717) is 4.47 Å². The maximum atomic E-state index is 13.5. The number of H-pyrrole nitrogens is 1. The Bertz CT molecular complexity index is 729. The summed E-state index contributed by atoms with van der Waals surface area (Å²) in [6, 6.07) is 11.1. The Morgan fingerprint density at radius 2 is 1.95 bits per heavy atom. The second kappa shape index (κ2) is 5.85. The van der Waals surface area contributed by atoms with Crippen molar-refractivity contribution >= 4 is 27.0 Å². The number of nitrogens with zero attached hydrogens (tertiary/aromatic N) is 1. The summed E-state index contributed by atoms with van der Waals surface area (Å²) in [4.78, 5) is 7.65. The zero-order valence-electron chi connectivity index (χ0n) is 11.5. The maximum Gasteiger partial charge on any atom is 0.139 e. The summed E-state index contributed by atoms with van der Waals surface area (Å²) in [6.07, 6.45) is 1.65.